The largest absolute Gasteiger partial charge is 0.458 e. The van der Waals surface area contributed by atoms with Gasteiger partial charge in [0.2, 0.25) is 0 Å². The Morgan fingerprint density at radius 3 is 2.94 bits per heavy atom. The van der Waals surface area contributed by atoms with Gasteiger partial charge in [-0.25, -0.2) is 4.39 Å². The molecule has 1 N–H and O–H groups in total. The molecular weight excluding hydrogens is 308 g/mol. The lowest BCUT2D eigenvalue weighted by atomic mass is 10.2. The summed E-state index contributed by atoms with van der Waals surface area (Å²) in [7, 11) is 0. The molecule has 90 valence electrons. The minimum Gasteiger partial charge on any atom is -0.458 e. The average Bonchev–Trinajstić information content (AvgIpc) is 3.02. The Hall–Kier alpha value is -0.580. The zero-order chi connectivity index (χ0) is 12.0. The summed E-state index contributed by atoms with van der Waals surface area (Å²) >= 11 is 9.10. The third-order valence-corrected chi connectivity index (χ3v) is 3.71. The molecule has 0 atom stereocenters. The quantitative estimate of drug-likeness (QED) is 0.856. The molecule has 0 aliphatic heterocycles. The zero-order valence-electron chi connectivity index (χ0n) is 8.90. The van der Waals surface area contributed by atoms with Gasteiger partial charge in [0.05, 0.1) is 21.4 Å². The van der Waals surface area contributed by atoms with E-state index in [1.165, 1.54) is 18.9 Å². The number of benzene rings is 1. The minimum atomic E-state index is -0.425. The molecule has 2 aromatic rings. The van der Waals surface area contributed by atoms with Gasteiger partial charge < -0.3 is 9.73 Å². The number of rotatable bonds is 3. The number of nitrogens with one attached hydrogen (secondary N) is 1. The molecule has 0 spiro atoms. The van der Waals surface area contributed by atoms with Gasteiger partial charge in [-0.2, -0.15) is 0 Å². The van der Waals surface area contributed by atoms with E-state index in [1.807, 2.05) is 0 Å². The molecule has 1 saturated carbocycles. The van der Waals surface area contributed by atoms with E-state index in [-0.39, 0.29) is 5.02 Å². The van der Waals surface area contributed by atoms with Gasteiger partial charge >= 0.3 is 0 Å². The SMILES string of the molecule is Fc1c(Cl)cc(Br)c2oc(CNC3CC3)cc12. The summed E-state index contributed by atoms with van der Waals surface area (Å²) in [4.78, 5) is 0. The van der Waals surface area contributed by atoms with Crippen molar-refractivity contribution >= 4 is 38.5 Å². The summed E-state index contributed by atoms with van der Waals surface area (Å²) in [5.74, 6) is 0.306. The van der Waals surface area contributed by atoms with Gasteiger partial charge in [0.15, 0.2) is 11.4 Å². The molecule has 5 heteroatoms. The summed E-state index contributed by atoms with van der Waals surface area (Å²) in [6.45, 7) is 0.628. The van der Waals surface area contributed by atoms with E-state index in [9.17, 15) is 4.39 Å². The molecule has 1 aromatic carbocycles. The van der Waals surface area contributed by atoms with Crippen LogP contribution in [-0.4, -0.2) is 6.04 Å². The Kier molecular flexibility index (Phi) is 2.89. The fourth-order valence-electron chi connectivity index (χ4n) is 1.77. The third-order valence-electron chi connectivity index (χ3n) is 2.84. The highest BCUT2D eigenvalue weighted by Gasteiger charge is 2.21. The lowest BCUT2D eigenvalue weighted by Gasteiger charge is -1.98. The molecule has 0 unspecified atom stereocenters. The molecule has 0 radical (unpaired) electrons. The maximum absolute atomic E-state index is 13.8. The average molecular weight is 319 g/mol. The first kappa shape index (κ1) is 11.5. The molecule has 1 fully saturated rings. The molecule has 1 heterocycles. The minimum absolute atomic E-state index is 0.104. The fraction of sp³-hybridized carbons (Fsp3) is 0.333. The predicted octanol–water partition coefficient (Wildman–Crippen LogP) is 4.24. The van der Waals surface area contributed by atoms with Crippen molar-refractivity contribution in [3.05, 3.63) is 33.2 Å². The first-order valence-electron chi connectivity index (χ1n) is 5.44. The van der Waals surface area contributed by atoms with Crippen LogP contribution in [0.4, 0.5) is 4.39 Å². The van der Waals surface area contributed by atoms with Crippen molar-refractivity contribution in [3.8, 4) is 0 Å². The highest BCUT2D eigenvalue weighted by Crippen LogP contribution is 2.34. The van der Waals surface area contributed by atoms with E-state index in [0.717, 1.165) is 5.76 Å². The normalized spacial score (nSPS) is 15.7. The van der Waals surface area contributed by atoms with Crippen LogP contribution in [0.5, 0.6) is 0 Å². The molecular formula is C12H10BrClFNO. The Labute approximate surface area is 111 Å². The number of hydrogen-bond acceptors (Lipinski definition) is 2. The molecule has 17 heavy (non-hydrogen) atoms. The molecule has 0 amide bonds. The predicted molar refractivity (Wildman–Crippen MR) is 68.7 cm³/mol. The van der Waals surface area contributed by atoms with Crippen LogP contribution in [0.2, 0.25) is 5.02 Å². The van der Waals surface area contributed by atoms with Crippen molar-refractivity contribution < 1.29 is 8.81 Å². The second kappa shape index (κ2) is 4.26. The highest BCUT2D eigenvalue weighted by molar-refractivity contribution is 9.10. The first-order valence-corrected chi connectivity index (χ1v) is 6.61. The van der Waals surface area contributed by atoms with Crippen molar-refractivity contribution in [2.75, 3.05) is 0 Å². The van der Waals surface area contributed by atoms with Gasteiger partial charge in [0.25, 0.3) is 0 Å². The van der Waals surface area contributed by atoms with Crippen LogP contribution >= 0.6 is 27.5 Å². The van der Waals surface area contributed by atoms with Crippen LogP contribution in [0.1, 0.15) is 18.6 Å². The number of fused-ring (bicyclic) bond motifs is 1. The summed E-state index contributed by atoms with van der Waals surface area (Å²) < 4.78 is 20.1. The van der Waals surface area contributed by atoms with Gasteiger partial charge in [-0.3, -0.25) is 0 Å². The maximum atomic E-state index is 13.8. The van der Waals surface area contributed by atoms with E-state index >= 15 is 0 Å². The van der Waals surface area contributed by atoms with Gasteiger partial charge in [-0.15, -0.1) is 0 Å². The monoisotopic (exact) mass is 317 g/mol. The topological polar surface area (TPSA) is 25.2 Å². The van der Waals surface area contributed by atoms with Gasteiger partial charge in [0.1, 0.15) is 5.76 Å². The van der Waals surface area contributed by atoms with Gasteiger partial charge in [-0.05, 0) is 40.9 Å². The molecule has 3 rings (SSSR count). The van der Waals surface area contributed by atoms with E-state index in [2.05, 4.69) is 21.2 Å². The fourth-order valence-corrected chi connectivity index (χ4v) is 2.64. The van der Waals surface area contributed by atoms with Crippen LogP contribution in [0.15, 0.2) is 21.0 Å². The molecule has 2 nitrogen and oxygen atoms in total. The molecule has 0 bridgehead atoms. The van der Waals surface area contributed by atoms with Crippen LogP contribution < -0.4 is 5.32 Å². The van der Waals surface area contributed by atoms with Crippen LogP contribution in [0.25, 0.3) is 11.0 Å². The second-order valence-electron chi connectivity index (χ2n) is 4.26. The zero-order valence-corrected chi connectivity index (χ0v) is 11.2. The van der Waals surface area contributed by atoms with Crippen molar-refractivity contribution in [2.24, 2.45) is 0 Å². The summed E-state index contributed by atoms with van der Waals surface area (Å²) in [6.07, 6.45) is 2.42. The van der Waals surface area contributed by atoms with E-state index in [1.54, 1.807) is 6.07 Å². The first-order chi connectivity index (χ1) is 8.15. The van der Waals surface area contributed by atoms with E-state index < -0.39 is 5.82 Å². The number of hydrogen-bond donors (Lipinski definition) is 1. The lowest BCUT2D eigenvalue weighted by molar-refractivity contribution is 0.511. The molecule has 1 aliphatic rings. The van der Waals surface area contributed by atoms with E-state index in [4.69, 9.17) is 16.0 Å². The Morgan fingerprint density at radius 1 is 1.47 bits per heavy atom. The smallest absolute Gasteiger partial charge is 0.152 e. The highest BCUT2D eigenvalue weighted by atomic mass is 79.9. The van der Waals surface area contributed by atoms with Crippen molar-refractivity contribution in [1.82, 2.24) is 5.32 Å². The summed E-state index contributed by atoms with van der Waals surface area (Å²) in [5.41, 5.74) is 0.513. The lowest BCUT2D eigenvalue weighted by Crippen LogP contribution is -2.14. The summed E-state index contributed by atoms with van der Waals surface area (Å²) in [5, 5.41) is 3.85. The second-order valence-corrected chi connectivity index (χ2v) is 5.53. The Balaban J connectivity index is 1.98. The summed E-state index contributed by atoms with van der Waals surface area (Å²) in [6, 6.07) is 3.82. The number of furan rings is 1. The van der Waals surface area contributed by atoms with Crippen molar-refractivity contribution in [1.29, 1.82) is 0 Å². The van der Waals surface area contributed by atoms with Crippen molar-refractivity contribution in [3.63, 3.8) is 0 Å². The van der Waals surface area contributed by atoms with Crippen LogP contribution in [-0.2, 0) is 6.54 Å². The van der Waals surface area contributed by atoms with Gasteiger partial charge in [0, 0.05) is 6.04 Å². The molecule has 1 aromatic heterocycles. The van der Waals surface area contributed by atoms with Crippen LogP contribution in [0.3, 0.4) is 0 Å². The van der Waals surface area contributed by atoms with Crippen LogP contribution in [0, 0.1) is 5.82 Å². The standard InChI is InChI=1S/C12H10BrClFNO/c13-9-4-10(14)11(15)8-3-7(17-12(8)9)5-16-6-1-2-6/h3-4,6,16H,1-2,5H2. The molecule has 1 aliphatic carbocycles. The molecule has 0 saturated heterocycles. The third kappa shape index (κ3) is 2.21. The Bertz CT molecular complexity index is 579. The number of halogens is 3. The Morgan fingerprint density at radius 2 is 2.24 bits per heavy atom. The van der Waals surface area contributed by atoms with Crippen molar-refractivity contribution in [2.45, 2.75) is 25.4 Å². The maximum Gasteiger partial charge on any atom is 0.152 e. The van der Waals surface area contributed by atoms with Gasteiger partial charge in [-0.1, -0.05) is 11.6 Å². The van der Waals surface area contributed by atoms with E-state index in [0.29, 0.717) is 28.0 Å².